The van der Waals surface area contributed by atoms with Crippen LogP contribution < -0.4 is 0 Å². The van der Waals surface area contributed by atoms with Gasteiger partial charge in [0.05, 0.1) is 12.6 Å². The van der Waals surface area contributed by atoms with E-state index < -0.39 is 0 Å². The third-order valence-corrected chi connectivity index (χ3v) is 3.93. The second-order valence-electron chi connectivity index (χ2n) is 4.02. The summed E-state index contributed by atoms with van der Waals surface area (Å²) in [5, 5.41) is 12.5. The molecule has 1 heterocycles. The molecule has 1 atom stereocenters. The minimum absolute atomic E-state index is 0.388. The summed E-state index contributed by atoms with van der Waals surface area (Å²) in [6.07, 6.45) is 1.64. The van der Waals surface area contributed by atoms with Crippen LogP contribution in [0.2, 0.25) is 5.02 Å². The van der Waals surface area contributed by atoms with Crippen molar-refractivity contribution in [1.82, 2.24) is 4.98 Å². The van der Waals surface area contributed by atoms with Crippen LogP contribution in [0.1, 0.15) is 22.2 Å². The van der Waals surface area contributed by atoms with E-state index in [4.69, 9.17) is 16.9 Å². The van der Waals surface area contributed by atoms with Gasteiger partial charge in [0.2, 0.25) is 0 Å². The van der Waals surface area contributed by atoms with E-state index in [-0.39, 0.29) is 5.92 Å². The Labute approximate surface area is 121 Å². The molecule has 0 radical (unpaired) electrons. The van der Waals surface area contributed by atoms with Crippen molar-refractivity contribution < 1.29 is 0 Å². The van der Waals surface area contributed by atoms with E-state index in [9.17, 15) is 0 Å². The Kier molecular flexibility index (Phi) is 4.67. The minimum Gasteiger partial charge on any atom is -0.291 e. The summed E-state index contributed by atoms with van der Waals surface area (Å²) < 4.78 is 0. The molecule has 3 nitrogen and oxygen atoms in total. The molecule has 1 aromatic heterocycles. The van der Waals surface area contributed by atoms with Crippen molar-refractivity contribution >= 4 is 29.2 Å². The van der Waals surface area contributed by atoms with E-state index in [0.717, 1.165) is 16.3 Å². The molecular formula is C14H12ClN3S. The van der Waals surface area contributed by atoms with Gasteiger partial charge in [0.15, 0.2) is 0 Å². The SMILES string of the molecule is Cc1csc([C@@H](C#N)C=NCc2ccccc2Cl)n1. The van der Waals surface area contributed by atoms with Crippen LogP contribution in [-0.4, -0.2) is 11.2 Å². The molecule has 2 rings (SSSR count). The molecular weight excluding hydrogens is 278 g/mol. The van der Waals surface area contributed by atoms with Gasteiger partial charge >= 0.3 is 0 Å². The number of thiazole rings is 1. The molecule has 0 spiro atoms. The normalized spacial score (nSPS) is 12.5. The average molecular weight is 290 g/mol. The van der Waals surface area contributed by atoms with E-state index >= 15 is 0 Å². The highest BCUT2D eigenvalue weighted by atomic mass is 35.5. The lowest BCUT2D eigenvalue weighted by Gasteiger charge is -2.00. The number of rotatable bonds is 4. The summed E-state index contributed by atoms with van der Waals surface area (Å²) in [7, 11) is 0. The fraction of sp³-hybridized carbons (Fsp3) is 0.214. The van der Waals surface area contributed by atoms with Gasteiger partial charge < -0.3 is 0 Å². The van der Waals surface area contributed by atoms with E-state index in [1.54, 1.807) is 6.21 Å². The zero-order valence-corrected chi connectivity index (χ0v) is 11.9. The van der Waals surface area contributed by atoms with Gasteiger partial charge in [0.25, 0.3) is 0 Å². The second kappa shape index (κ2) is 6.46. The minimum atomic E-state index is -0.388. The highest BCUT2D eigenvalue weighted by molar-refractivity contribution is 7.09. The molecule has 1 aromatic carbocycles. The predicted octanol–water partition coefficient (Wildman–Crippen LogP) is 3.98. The van der Waals surface area contributed by atoms with Crippen molar-refractivity contribution in [3.63, 3.8) is 0 Å². The molecule has 0 aliphatic heterocycles. The Morgan fingerprint density at radius 3 is 2.95 bits per heavy atom. The van der Waals surface area contributed by atoms with Gasteiger partial charge in [-0.15, -0.1) is 11.3 Å². The zero-order valence-electron chi connectivity index (χ0n) is 10.4. The molecule has 0 unspecified atom stereocenters. The first-order valence-corrected chi connectivity index (χ1v) is 7.01. The Hall–Kier alpha value is -1.70. The van der Waals surface area contributed by atoms with Gasteiger partial charge in [-0.1, -0.05) is 29.8 Å². The van der Waals surface area contributed by atoms with Gasteiger partial charge in [0, 0.05) is 22.3 Å². The first kappa shape index (κ1) is 13.7. The summed E-state index contributed by atoms with van der Waals surface area (Å²) in [6.45, 7) is 2.39. The molecule has 2 aromatic rings. The van der Waals surface area contributed by atoms with Crippen molar-refractivity contribution in [2.75, 3.05) is 0 Å². The average Bonchev–Trinajstić information content (AvgIpc) is 2.83. The van der Waals surface area contributed by atoms with Crippen molar-refractivity contribution in [3.05, 3.63) is 50.9 Å². The quantitative estimate of drug-likeness (QED) is 0.799. The van der Waals surface area contributed by atoms with Crippen LogP contribution in [-0.2, 0) is 6.54 Å². The molecule has 0 N–H and O–H groups in total. The van der Waals surface area contributed by atoms with Gasteiger partial charge in [0.1, 0.15) is 10.9 Å². The predicted molar refractivity (Wildman–Crippen MR) is 78.9 cm³/mol. The molecule has 0 aliphatic carbocycles. The Morgan fingerprint density at radius 2 is 2.32 bits per heavy atom. The summed E-state index contributed by atoms with van der Waals surface area (Å²) in [6, 6.07) is 9.76. The highest BCUT2D eigenvalue weighted by Gasteiger charge is 2.11. The lowest BCUT2D eigenvalue weighted by atomic mass is 10.2. The van der Waals surface area contributed by atoms with Crippen LogP contribution in [0.3, 0.4) is 0 Å². The third-order valence-electron chi connectivity index (χ3n) is 2.52. The largest absolute Gasteiger partial charge is 0.291 e. The summed E-state index contributed by atoms with van der Waals surface area (Å²) in [5.41, 5.74) is 1.88. The fourth-order valence-corrected chi connectivity index (χ4v) is 2.55. The topological polar surface area (TPSA) is 49.0 Å². The first-order chi connectivity index (χ1) is 9.20. The first-order valence-electron chi connectivity index (χ1n) is 5.75. The Bertz CT molecular complexity index is 628. The molecule has 0 fully saturated rings. The van der Waals surface area contributed by atoms with Gasteiger partial charge in [-0.2, -0.15) is 5.26 Å². The number of aromatic nitrogens is 1. The van der Waals surface area contributed by atoms with Crippen molar-refractivity contribution in [2.45, 2.75) is 19.4 Å². The van der Waals surface area contributed by atoms with Crippen molar-refractivity contribution in [2.24, 2.45) is 4.99 Å². The van der Waals surface area contributed by atoms with Crippen molar-refractivity contribution in [1.29, 1.82) is 5.26 Å². The van der Waals surface area contributed by atoms with Crippen LogP contribution in [0, 0.1) is 18.3 Å². The van der Waals surface area contributed by atoms with Gasteiger partial charge in [-0.3, -0.25) is 4.99 Å². The van der Waals surface area contributed by atoms with E-state index in [1.807, 2.05) is 36.6 Å². The molecule has 96 valence electrons. The Balaban J connectivity index is 2.06. The van der Waals surface area contributed by atoms with E-state index in [0.29, 0.717) is 11.6 Å². The number of aryl methyl sites for hydroxylation is 1. The maximum atomic E-state index is 9.14. The number of aliphatic imine (C=N–C) groups is 1. The van der Waals surface area contributed by atoms with Crippen LogP contribution in [0.5, 0.6) is 0 Å². The molecule has 0 saturated heterocycles. The standard InChI is InChI=1S/C14H12ClN3S/c1-10-9-19-14(18-10)12(6-16)8-17-7-11-4-2-3-5-13(11)15/h2-5,8-9,12H,7H2,1H3/t12-/m0/s1. The summed E-state index contributed by atoms with van der Waals surface area (Å²) >= 11 is 7.53. The summed E-state index contributed by atoms with van der Waals surface area (Å²) in [5.74, 6) is -0.388. The number of hydrogen-bond donors (Lipinski definition) is 0. The van der Waals surface area contributed by atoms with E-state index in [1.165, 1.54) is 11.3 Å². The molecule has 0 saturated carbocycles. The number of hydrogen-bond acceptors (Lipinski definition) is 4. The van der Waals surface area contributed by atoms with Gasteiger partial charge in [-0.05, 0) is 18.6 Å². The van der Waals surface area contributed by atoms with Crippen LogP contribution >= 0.6 is 22.9 Å². The molecule has 19 heavy (non-hydrogen) atoms. The lowest BCUT2D eigenvalue weighted by molar-refractivity contribution is 1.03. The maximum Gasteiger partial charge on any atom is 0.133 e. The number of halogens is 1. The van der Waals surface area contributed by atoms with E-state index in [2.05, 4.69) is 16.0 Å². The Morgan fingerprint density at radius 1 is 1.53 bits per heavy atom. The third kappa shape index (κ3) is 3.63. The fourth-order valence-electron chi connectivity index (χ4n) is 1.55. The van der Waals surface area contributed by atoms with Crippen LogP contribution in [0.15, 0.2) is 34.6 Å². The van der Waals surface area contributed by atoms with Crippen LogP contribution in [0.25, 0.3) is 0 Å². The number of nitriles is 1. The van der Waals surface area contributed by atoms with Crippen molar-refractivity contribution in [3.8, 4) is 6.07 Å². The highest BCUT2D eigenvalue weighted by Crippen LogP contribution is 2.19. The molecule has 0 aliphatic rings. The lowest BCUT2D eigenvalue weighted by Crippen LogP contribution is -1.97. The maximum absolute atomic E-state index is 9.14. The number of benzene rings is 1. The summed E-state index contributed by atoms with van der Waals surface area (Å²) in [4.78, 5) is 8.60. The monoisotopic (exact) mass is 289 g/mol. The molecule has 0 amide bonds. The van der Waals surface area contributed by atoms with Crippen LogP contribution in [0.4, 0.5) is 0 Å². The van der Waals surface area contributed by atoms with Gasteiger partial charge in [-0.25, -0.2) is 4.98 Å². The smallest absolute Gasteiger partial charge is 0.133 e. The second-order valence-corrected chi connectivity index (χ2v) is 5.31. The molecule has 5 heteroatoms. The zero-order chi connectivity index (χ0) is 13.7. The molecule has 0 bridgehead atoms. The number of nitrogens with zero attached hydrogens (tertiary/aromatic N) is 3.